The minimum Gasteiger partial charge on any atom is -0.0847 e. The highest BCUT2D eigenvalue weighted by Crippen LogP contribution is 2.70. The summed E-state index contributed by atoms with van der Waals surface area (Å²) in [6.07, 6.45) is 10.2. The van der Waals surface area contributed by atoms with Gasteiger partial charge in [0.1, 0.15) is 0 Å². The van der Waals surface area contributed by atoms with Crippen LogP contribution < -0.4 is 0 Å². The maximum Gasteiger partial charge on any atom is -0.0166 e. The van der Waals surface area contributed by atoms with Crippen molar-refractivity contribution in [2.45, 2.75) is 32.1 Å². The van der Waals surface area contributed by atoms with Crippen LogP contribution in [-0.2, 0) is 0 Å². The molecule has 0 N–H and O–H groups in total. The number of hydrogen-bond acceptors (Lipinski definition) is 0. The van der Waals surface area contributed by atoms with Gasteiger partial charge in [0.05, 0.1) is 0 Å². The van der Waals surface area contributed by atoms with Crippen LogP contribution >= 0.6 is 0 Å². The summed E-state index contributed by atoms with van der Waals surface area (Å²) in [6, 6.07) is 0. The third kappa shape index (κ3) is 0.616. The Labute approximate surface area is 74.0 Å². The van der Waals surface area contributed by atoms with Crippen molar-refractivity contribution in [1.82, 2.24) is 0 Å². The molecule has 0 aromatic rings. The van der Waals surface area contributed by atoms with Gasteiger partial charge in [0, 0.05) is 0 Å². The summed E-state index contributed by atoms with van der Waals surface area (Å²) in [7, 11) is 0. The molecule has 64 valence electrons. The van der Waals surface area contributed by atoms with Crippen LogP contribution in [0.1, 0.15) is 32.1 Å². The van der Waals surface area contributed by atoms with Gasteiger partial charge in [-0.05, 0) is 61.7 Å². The smallest absolute Gasteiger partial charge is 0.0166 e. The predicted molar refractivity (Wildman–Crippen MR) is 48.6 cm³/mol. The van der Waals surface area contributed by atoms with Gasteiger partial charge in [0.25, 0.3) is 0 Å². The minimum absolute atomic E-state index is 1.08. The van der Waals surface area contributed by atoms with Crippen molar-refractivity contribution < 1.29 is 0 Å². The van der Waals surface area contributed by atoms with Gasteiger partial charge in [0.15, 0.2) is 0 Å². The Hall–Kier alpha value is -0.260. The van der Waals surface area contributed by atoms with E-state index in [1.54, 1.807) is 12.8 Å². The van der Waals surface area contributed by atoms with Gasteiger partial charge in [0.2, 0.25) is 0 Å². The second-order valence-corrected chi connectivity index (χ2v) is 5.31. The first-order valence-corrected chi connectivity index (χ1v) is 5.65. The van der Waals surface area contributed by atoms with E-state index >= 15 is 0 Å². The highest BCUT2D eigenvalue weighted by molar-refractivity contribution is 5.30. The van der Waals surface area contributed by atoms with E-state index in [0.29, 0.717) is 0 Å². The third-order valence-electron chi connectivity index (χ3n) is 4.75. The molecule has 0 aromatic carbocycles. The van der Waals surface area contributed by atoms with Crippen molar-refractivity contribution in [1.29, 1.82) is 0 Å². The standard InChI is InChI=1S/C12H16/c1-2-4-8-7(3-1)9-5-11(9)12-6-10(8)12/h3,8-12H,1-2,4-6H2. The molecular weight excluding hydrogens is 144 g/mol. The molecule has 0 bridgehead atoms. The predicted octanol–water partition coefficient (Wildman–Crippen LogP) is 3.00. The van der Waals surface area contributed by atoms with E-state index in [-0.39, 0.29) is 0 Å². The molecule has 3 saturated carbocycles. The number of hydrogen-bond donors (Lipinski definition) is 0. The van der Waals surface area contributed by atoms with Crippen molar-refractivity contribution in [3.05, 3.63) is 11.6 Å². The minimum atomic E-state index is 1.08. The van der Waals surface area contributed by atoms with Crippen LogP contribution in [-0.4, -0.2) is 0 Å². The van der Waals surface area contributed by atoms with Crippen molar-refractivity contribution >= 4 is 0 Å². The summed E-state index contributed by atoms with van der Waals surface area (Å²) in [5.41, 5.74) is 1.92. The van der Waals surface area contributed by atoms with Crippen LogP contribution in [0.2, 0.25) is 0 Å². The van der Waals surface area contributed by atoms with Gasteiger partial charge >= 0.3 is 0 Å². The zero-order chi connectivity index (χ0) is 7.71. The molecule has 3 fully saturated rings. The van der Waals surface area contributed by atoms with Crippen LogP contribution in [0.3, 0.4) is 0 Å². The van der Waals surface area contributed by atoms with Crippen molar-refractivity contribution in [2.75, 3.05) is 0 Å². The first-order valence-electron chi connectivity index (χ1n) is 5.65. The Morgan fingerprint density at radius 3 is 2.92 bits per heavy atom. The van der Waals surface area contributed by atoms with E-state index in [4.69, 9.17) is 0 Å². The number of allylic oxidation sites excluding steroid dienone is 2. The van der Waals surface area contributed by atoms with E-state index < -0.39 is 0 Å². The second-order valence-electron chi connectivity index (χ2n) is 5.31. The fourth-order valence-corrected chi connectivity index (χ4v) is 4.07. The molecule has 0 nitrogen and oxygen atoms in total. The topological polar surface area (TPSA) is 0 Å². The second kappa shape index (κ2) is 1.81. The summed E-state index contributed by atoms with van der Waals surface area (Å²) < 4.78 is 0. The summed E-state index contributed by atoms with van der Waals surface area (Å²) in [5.74, 6) is 5.72. The van der Waals surface area contributed by atoms with E-state index in [0.717, 1.165) is 11.8 Å². The molecule has 0 heteroatoms. The molecule has 0 aliphatic heterocycles. The zero-order valence-corrected chi connectivity index (χ0v) is 7.50. The third-order valence-corrected chi connectivity index (χ3v) is 4.75. The molecule has 4 aliphatic carbocycles. The van der Waals surface area contributed by atoms with Gasteiger partial charge in [-0.25, -0.2) is 0 Å². The molecule has 12 heavy (non-hydrogen) atoms. The normalized spacial score (nSPS) is 59.3. The van der Waals surface area contributed by atoms with Gasteiger partial charge in [-0.3, -0.25) is 0 Å². The van der Waals surface area contributed by atoms with Crippen LogP contribution in [0, 0.1) is 29.6 Å². The van der Waals surface area contributed by atoms with Crippen molar-refractivity contribution in [3.63, 3.8) is 0 Å². The van der Waals surface area contributed by atoms with Crippen molar-refractivity contribution in [3.8, 4) is 0 Å². The number of rotatable bonds is 0. The molecule has 4 aliphatic rings. The monoisotopic (exact) mass is 160 g/mol. The van der Waals surface area contributed by atoms with Gasteiger partial charge in [-0.15, -0.1) is 0 Å². The lowest BCUT2D eigenvalue weighted by atomic mass is 9.77. The van der Waals surface area contributed by atoms with E-state index in [1.165, 1.54) is 37.0 Å². The molecule has 5 atom stereocenters. The molecule has 0 aromatic heterocycles. The van der Waals surface area contributed by atoms with E-state index in [2.05, 4.69) is 6.08 Å². The van der Waals surface area contributed by atoms with Crippen LogP contribution in [0.5, 0.6) is 0 Å². The molecular formula is C12H16. The molecule has 0 spiro atoms. The molecule has 0 amide bonds. The fourth-order valence-electron chi connectivity index (χ4n) is 4.07. The highest BCUT2D eigenvalue weighted by atomic mass is 14.7. The van der Waals surface area contributed by atoms with Gasteiger partial charge in [-0.2, -0.15) is 0 Å². The lowest BCUT2D eigenvalue weighted by Gasteiger charge is -2.28. The summed E-state index contributed by atoms with van der Waals surface area (Å²) in [4.78, 5) is 0. The molecule has 4 rings (SSSR count). The maximum atomic E-state index is 2.60. The van der Waals surface area contributed by atoms with E-state index in [1.807, 2.05) is 5.57 Å². The maximum absolute atomic E-state index is 2.60. The zero-order valence-electron chi connectivity index (χ0n) is 7.50. The van der Waals surface area contributed by atoms with Crippen LogP contribution in [0.25, 0.3) is 0 Å². The van der Waals surface area contributed by atoms with Gasteiger partial charge in [-0.1, -0.05) is 11.6 Å². The summed E-state index contributed by atoms with van der Waals surface area (Å²) in [5, 5.41) is 0. The molecule has 0 saturated heterocycles. The fraction of sp³-hybridized carbons (Fsp3) is 0.833. The lowest BCUT2D eigenvalue weighted by Crippen LogP contribution is -2.18. The Balaban J connectivity index is 1.78. The lowest BCUT2D eigenvalue weighted by molar-refractivity contribution is 0.368. The molecule has 0 radical (unpaired) electrons. The first kappa shape index (κ1) is 6.23. The Bertz CT molecular complexity index is 263. The van der Waals surface area contributed by atoms with Crippen LogP contribution in [0.4, 0.5) is 0 Å². The van der Waals surface area contributed by atoms with Crippen molar-refractivity contribution in [2.24, 2.45) is 29.6 Å². The Morgan fingerprint density at radius 1 is 1.00 bits per heavy atom. The average molecular weight is 160 g/mol. The van der Waals surface area contributed by atoms with Crippen LogP contribution in [0.15, 0.2) is 11.6 Å². The average Bonchev–Trinajstić information content (AvgIpc) is 2.98. The largest absolute Gasteiger partial charge is 0.0847 e. The molecule has 0 heterocycles. The highest BCUT2D eigenvalue weighted by Gasteiger charge is 2.62. The van der Waals surface area contributed by atoms with E-state index in [9.17, 15) is 0 Å². The quantitative estimate of drug-likeness (QED) is 0.478. The molecule has 5 unspecified atom stereocenters. The SMILES string of the molecule is C1=C2C3CC3C3CC3C2CCC1. The Kier molecular flexibility index (Phi) is 0.939. The summed E-state index contributed by atoms with van der Waals surface area (Å²) in [6.45, 7) is 0. The number of fused-ring (bicyclic) bond motifs is 6. The summed E-state index contributed by atoms with van der Waals surface area (Å²) >= 11 is 0. The Morgan fingerprint density at radius 2 is 1.92 bits per heavy atom. The first-order chi connectivity index (χ1) is 5.95. The van der Waals surface area contributed by atoms with Gasteiger partial charge < -0.3 is 0 Å².